The number of aromatic nitrogens is 1. The molecule has 1 saturated heterocycles. The van der Waals surface area contributed by atoms with E-state index in [1.165, 1.54) is 4.90 Å². The number of anilines is 2. The zero-order chi connectivity index (χ0) is 13.9. The number of nitrogens with zero attached hydrogens (tertiary/aromatic N) is 3. The molecule has 106 valence electrons. The number of pyridine rings is 1. The first-order valence-electron chi connectivity index (χ1n) is 5.96. The third-order valence-electron chi connectivity index (χ3n) is 2.98. The molecule has 0 aliphatic carbocycles. The molecule has 0 atom stereocenters. The van der Waals surface area contributed by atoms with Crippen LogP contribution in [0.15, 0.2) is 18.2 Å². The molecule has 2 rings (SSSR count). The number of halogens is 3. The largest absolute Gasteiger partial charge is 0.401 e. The Morgan fingerprint density at radius 3 is 2.47 bits per heavy atom. The number of nitrogens with one attached hydrogen (secondary N) is 1. The van der Waals surface area contributed by atoms with E-state index in [4.69, 9.17) is 5.84 Å². The van der Waals surface area contributed by atoms with Gasteiger partial charge in [-0.25, -0.2) is 10.8 Å². The lowest BCUT2D eigenvalue weighted by atomic mass is 10.3. The molecular formula is C11H16F3N5. The standard InChI is InChI=1S/C11H16F3N5/c12-11(13,14)8-18-4-6-19(7-5-18)10-3-1-2-9(16-10)17-15/h1-3H,4-8,15H2,(H,16,17). The van der Waals surface area contributed by atoms with E-state index in [0.717, 1.165) is 5.82 Å². The summed E-state index contributed by atoms with van der Waals surface area (Å²) in [6.45, 7) is 0.954. The minimum Gasteiger partial charge on any atom is -0.354 e. The molecule has 0 unspecified atom stereocenters. The summed E-state index contributed by atoms with van der Waals surface area (Å²) in [6.07, 6.45) is -4.14. The molecule has 8 heteroatoms. The Kier molecular flexibility index (Phi) is 4.11. The van der Waals surface area contributed by atoms with Gasteiger partial charge >= 0.3 is 6.18 Å². The maximum Gasteiger partial charge on any atom is 0.401 e. The van der Waals surface area contributed by atoms with Gasteiger partial charge in [0.1, 0.15) is 11.6 Å². The summed E-state index contributed by atoms with van der Waals surface area (Å²) in [7, 11) is 0. The minimum absolute atomic E-state index is 0.376. The number of alkyl halides is 3. The predicted octanol–water partition coefficient (Wildman–Crippen LogP) is 1.05. The molecule has 0 radical (unpaired) electrons. The third kappa shape index (κ3) is 3.97. The lowest BCUT2D eigenvalue weighted by Gasteiger charge is -2.35. The smallest absolute Gasteiger partial charge is 0.354 e. The summed E-state index contributed by atoms with van der Waals surface area (Å²) in [5.41, 5.74) is 2.45. The number of hydrazine groups is 1. The van der Waals surface area contributed by atoms with Crippen molar-refractivity contribution in [2.45, 2.75) is 6.18 Å². The van der Waals surface area contributed by atoms with Gasteiger partial charge in [0.05, 0.1) is 6.54 Å². The molecule has 1 aromatic rings. The van der Waals surface area contributed by atoms with Crippen LogP contribution in [0, 0.1) is 0 Å². The van der Waals surface area contributed by atoms with Crippen LogP contribution in [0.2, 0.25) is 0 Å². The summed E-state index contributed by atoms with van der Waals surface area (Å²) in [5.74, 6) is 6.54. The minimum atomic E-state index is -4.14. The van der Waals surface area contributed by atoms with Crippen LogP contribution in [0.4, 0.5) is 24.8 Å². The number of hydrogen-bond acceptors (Lipinski definition) is 5. The van der Waals surface area contributed by atoms with E-state index in [0.29, 0.717) is 32.0 Å². The van der Waals surface area contributed by atoms with Crippen LogP contribution in [-0.4, -0.2) is 48.8 Å². The topological polar surface area (TPSA) is 57.4 Å². The van der Waals surface area contributed by atoms with Crippen molar-refractivity contribution in [2.75, 3.05) is 43.0 Å². The van der Waals surface area contributed by atoms with Crippen molar-refractivity contribution in [2.24, 2.45) is 5.84 Å². The van der Waals surface area contributed by atoms with Crippen LogP contribution in [0.25, 0.3) is 0 Å². The van der Waals surface area contributed by atoms with Crippen LogP contribution in [0.1, 0.15) is 0 Å². The molecule has 0 saturated carbocycles. The summed E-state index contributed by atoms with van der Waals surface area (Å²) in [5, 5.41) is 0. The van der Waals surface area contributed by atoms with E-state index in [9.17, 15) is 13.2 Å². The van der Waals surface area contributed by atoms with Crippen molar-refractivity contribution in [3.8, 4) is 0 Å². The second-order valence-corrected chi connectivity index (χ2v) is 4.40. The highest BCUT2D eigenvalue weighted by Gasteiger charge is 2.32. The number of hydrogen-bond donors (Lipinski definition) is 2. The average molecular weight is 275 g/mol. The van der Waals surface area contributed by atoms with E-state index in [1.807, 2.05) is 11.0 Å². The van der Waals surface area contributed by atoms with Crippen molar-refractivity contribution in [3.63, 3.8) is 0 Å². The molecule has 1 fully saturated rings. The first-order valence-corrected chi connectivity index (χ1v) is 5.96. The monoisotopic (exact) mass is 275 g/mol. The molecule has 0 bridgehead atoms. The summed E-state index contributed by atoms with van der Waals surface area (Å²) >= 11 is 0. The predicted molar refractivity (Wildman–Crippen MR) is 66.8 cm³/mol. The Bertz CT molecular complexity index is 415. The van der Waals surface area contributed by atoms with Gasteiger partial charge in [0.2, 0.25) is 0 Å². The van der Waals surface area contributed by atoms with Gasteiger partial charge in [0.25, 0.3) is 0 Å². The molecule has 2 heterocycles. The normalized spacial score (nSPS) is 17.6. The second-order valence-electron chi connectivity index (χ2n) is 4.40. The molecule has 1 aromatic heterocycles. The first-order chi connectivity index (χ1) is 8.98. The van der Waals surface area contributed by atoms with E-state index in [-0.39, 0.29) is 0 Å². The highest BCUT2D eigenvalue weighted by Crippen LogP contribution is 2.20. The summed E-state index contributed by atoms with van der Waals surface area (Å²) < 4.78 is 36.8. The lowest BCUT2D eigenvalue weighted by molar-refractivity contribution is -0.146. The third-order valence-corrected chi connectivity index (χ3v) is 2.98. The number of rotatable bonds is 3. The van der Waals surface area contributed by atoms with Crippen LogP contribution in [0.5, 0.6) is 0 Å². The van der Waals surface area contributed by atoms with Gasteiger partial charge in [0, 0.05) is 26.2 Å². The zero-order valence-electron chi connectivity index (χ0n) is 10.3. The van der Waals surface area contributed by atoms with Crippen molar-refractivity contribution in [1.82, 2.24) is 9.88 Å². The van der Waals surface area contributed by atoms with Crippen molar-refractivity contribution in [1.29, 1.82) is 0 Å². The fourth-order valence-electron chi connectivity index (χ4n) is 2.07. The molecule has 3 N–H and O–H groups in total. The van der Waals surface area contributed by atoms with Gasteiger partial charge in [0.15, 0.2) is 0 Å². The molecular weight excluding hydrogens is 259 g/mol. The Morgan fingerprint density at radius 2 is 1.89 bits per heavy atom. The van der Waals surface area contributed by atoms with Gasteiger partial charge in [-0.3, -0.25) is 4.90 Å². The van der Waals surface area contributed by atoms with Crippen molar-refractivity contribution >= 4 is 11.6 Å². The maximum atomic E-state index is 12.3. The Morgan fingerprint density at radius 1 is 1.21 bits per heavy atom. The molecule has 1 aliphatic rings. The lowest BCUT2D eigenvalue weighted by Crippen LogP contribution is -2.49. The van der Waals surface area contributed by atoms with Gasteiger partial charge in [-0.2, -0.15) is 13.2 Å². The Hall–Kier alpha value is -1.54. The highest BCUT2D eigenvalue weighted by atomic mass is 19.4. The van der Waals surface area contributed by atoms with Gasteiger partial charge in [-0.05, 0) is 12.1 Å². The fourth-order valence-corrected chi connectivity index (χ4v) is 2.07. The van der Waals surface area contributed by atoms with Gasteiger partial charge < -0.3 is 10.3 Å². The Balaban J connectivity index is 1.92. The zero-order valence-corrected chi connectivity index (χ0v) is 10.3. The highest BCUT2D eigenvalue weighted by molar-refractivity contribution is 5.46. The second kappa shape index (κ2) is 5.62. The van der Waals surface area contributed by atoms with E-state index >= 15 is 0 Å². The number of nitrogens with two attached hydrogens (primary N) is 1. The van der Waals surface area contributed by atoms with Gasteiger partial charge in [-0.15, -0.1) is 0 Å². The molecule has 19 heavy (non-hydrogen) atoms. The van der Waals surface area contributed by atoms with Crippen LogP contribution >= 0.6 is 0 Å². The quantitative estimate of drug-likeness (QED) is 0.638. The van der Waals surface area contributed by atoms with Crippen LogP contribution in [-0.2, 0) is 0 Å². The summed E-state index contributed by atoms with van der Waals surface area (Å²) in [6, 6.07) is 5.35. The van der Waals surface area contributed by atoms with Crippen LogP contribution in [0.3, 0.4) is 0 Å². The maximum absolute atomic E-state index is 12.3. The van der Waals surface area contributed by atoms with Gasteiger partial charge in [-0.1, -0.05) is 6.07 Å². The van der Waals surface area contributed by atoms with E-state index < -0.39 is 12.7 Å². The van der Waals surface area contributed by atoms with Crippen LogP contribution < -0.4 is 16.2 Å². The average Bonchev–Trinajstić information content (AvgIpc) is 2.38. The SMILES string of the molecule is NNc1cccc(N2CCN(CC(F)(F)F)CC2)n1. The molecule has 0 amide bonds. The number of piperazine rings is 1. The Labute approximate surface area is 109 Å². The molecule has 1 aliphatic heterocycles. The van der Waals surface area contributed by atoms with Crippen molar-refractivity contribution < 1.29 is 13.2 Å². The molecule has 5 nitrogen and oxygen atoms in total. The first kappa shape index (κ1) is 13.9. The van der Waals surface area contributed by atoms with E-state index in [2.05, 4.69) is 10.4 Å². The number of nitrogen functional groups attached to an aromatic ring is 1. The van der Waals surface area contributed by atoms with Crippen molar-refractivity contribution in [3.05, 3.63) is 18.2 Å². The fraction of sp³-hybridized carbons (Fsp3) is 0.545. The molecule has 0 spiro atoms. The van der Waals surface area contributed by atoms with E-state index in [1.54, 1.807) is 12.1 Å². The molecule has 0 aromatic carbocycles. The summed E-state index contributed by atoms with van der Waals surface area (Å²) in [4.78, 5) is 7.62.